The van der Waals surface area contributed by atoms with Crippen LogP contribution in [0.15, 0.2) is 10.5 Å². The zero-order valence-corrected chi connectivity index (χ0v) is 13.0. The summed E-state index contributed by atoms with van der Waals surface area (Å²) in [6.45, 7) is 6.97. The average Bonchev–Trinajstić information content (AvgIpc) is 2.76. The van der Waals surface area contributed by atoms with Gasteiger partial charge in [0, 0.05) is 5.38 Å². The summed E-state index contributed by atoms with van der Waals surface area (Å²) in [5.41, 5.74) is -0.857. The summed E-state index contributed by atoms with van der Waals surface area (Å²) in [5, 5.41) is 15.8. The van der Waals surface area contributed by atoms with Gasteiger partial charge in [0.05, 0.1) is 6.61 Å². The molecule has 1 aromatic rings. The monoisotopic (exact) mass is 315 g/mol. The predicted molar refractivity (Wildman–Crippen MR) is 76.9 cm³/mol. The number of anilines is 1. The van der Waals surface area contributed by atoms with E-state index < -0.39 is 17.7 Å². The fourth-order valence-electron chi connectivity index (χ4n) is 1.23. The van der Waals surface area contributed by atoms with Crippen molar-refractivity contribution >= 4 is 34.2 Å². The Morgan fingerprint density at radius 1 is 1.48 bits per heavy atom. The number of carbonyl (C=O) groups excluding carboxylic acids is 2. The number of nitrogens with one attached hydrogen (secondary N) is 1. The molecule has 0 saturated carbocycles. The molecule has 0 aliphatic rings. The van der Waals surface area contributed by atoms with E-state index in [1.54, 1.807) is 27.7 Å². The standard InChI is InChI=1S/C12H17N3O5S/c1-5-19-9(16)8(15-18)7-6-21-10(13-7)14-11(17)20-12(2,3)4/h6,18H,5H2,1-4H3,(H,13,14,17)/b15-8-. The highest BCUT2D eigenvalue weighted by atomic mass is 32.1. The van der Waals surface area contributed by atoms with Gasteiger partial charge in [-0.15, -0.1) is 11.3 Å². The lowest BCUT2D eigenvalue weighted by Gasteiger charge is -2.18. The molecular weight excluding hydrogens is 298 g/mol. The topological polar surface area (TPSA) is 110 Å². The first-order valence-corrected chi connectivity index (χ1v) is 7.00. The maximum absolute atomic E-state index is 11.6. The molecule has 1 rings (SSSR count). The minimum atomic E-state index is -0.797. The lowest BCUT2D eigenvalue weighted by molar-refractivity contribution is -0.135. The molecule has 8 nitrogen and oxygen atoms in total. The van der Waals surface area contributed by atoms with Crippen molar-refractivity contribution in [3.05, 3.63) is 11.1 Å². The summed E-state index contributed by atoms with van der Waals surface area (Å²) in [4.78, 5) is 27.1. The number of nitrogens with zero attached hydrogens (tertiary/aromatic N) is 2. The van der Waals surface area contributed by atoms with Crippen molar-refractivity contribution in [1.82, 2.24) is 4.98 Å². The highest BCUT2D eigenvalue weighted by molar-refractivity contribution is 7.14. The number of aromatic nitrogens is 1. The zero-order chi connectivity index (χ0) is 16.0. The molecule has 0 aromatic carbocycles. The fraction of sp³-hybridized carbons (Fsp3) is 0.500. The lowest BCUT2D eigenvalue weighted by atomic mass is 10.2. The molecule has 0 bridgehead atoms. The van der Waals surface area contributed by atoms with Gasteiger partial charge < -0.3 is 14.7 Å². The first kappa shape index (κ1) is 16.9. The van der Waals surface area contributed by atoms with Gasteiger partial charge in [0.15, 0.2) is 5.13 Å². The van der Waals surface area contributed by atoms with Crippen LogP contribution in [-0.4, -0.2) is 40.2 Å². The van der Waals surface area contributed by atoms with Gasteiger partial charge in [-0.2, -0.15) is 0 Å². The fourth-order valence-corrected chi connectivity index (χ4v) is 1.91. The number of rotatable bonds is 4. The van der Waals surface area contributed by atoms with E-state index in [9.17, 15) is 9.59 Å². The number of hydrogen-bond donors (Lipinski definition) is 2. The molecule has 0 unspecified atom stereocenters. The Morgan fingerprint density at radius 2 is 2.14 bits per heavy atom. The van der Waals surface area contributed by atoms with Gasteiger partial charge in [-0.25, -0.2) is 14.6 Å². The van der Waals surface area contributed by atoms with Crippen molar-refractivity contribution in [1.29, 1.82) is 0 Å². The summed E-state index contributed by atoms with van der Waals surface area (Å²) < 4.78 is 9.80. The zero-order valence-electron chi connectivity index (χ0n) is 12.2. The van der Waals surface area contributed by atoms with Crippen LogP contribution >= 0.6 is 11.3 Å². The van der Waals surface area contributed by atoms with E-state index in [4.69, 9.17) is 14.7 Å². The molecule has 1 amide bonds. The van der Waals surface area contributed by atoms with Crippen LogP contribution in [0, 0.1) is 0 Å². The molecule has 21 heavy (non-hydrogen) atoms. The van der Waals surface area contributed by atoms with Gasteiger partial charge in [0.25, 0.3) is 0 Å². The van der Waals surface area contributed by atoms with Crippen LogP contribution in [0.5, 0.6) is 0 Å². The van der Waals surface area contributed by atoms with E-state index >= 15 is 0 Å². The van der Waals surface area contributed by atoms with Gasteiger partial charge in [-0.05, 0) is 27.7 Å². The van der Waals surface area contributed by atoms with E-state index in [1.165, 1.54) is 5.38 Å². The maximum Gasteiger partial charge on any atom is 0.413 e. The second-order valence-electron chi connectivity index (χ2n) is 4.83. The summed E-state index contributed by atoms with van der Waals surface area (Å²) in [6.07, 6.45) is -0.665. The van der Waals surface area contributed by atoms with Gasteiger partial charge in [-0.3, -0.25) is 5.32 Å². The van der Waals surface area contributed by atoms with E-state index in [2.05, 4.69) is 15.5 Å². The third-order valence-corrected chi connectivity index (χ3v) is 2.68. The van der Waals surface area contributed by atoms with Gasteiger partial charge >= 0.3 is 12.1 Å². The van der Waals surface area contributed by atoms with Crippen molar-refractivity contribution in [3.63, 3.8) is 0 Å². The summed E-state index contributed by atoms with van der Waals surface area (Å²) in [6, 6.07) is 0. The number of esters is 1. The SMILES string of the molecule is CCOC(=O)/C(=N\O)c1csc(NC(=O)OC(C)(C)C)n1. The molecule has 116 valence electrons. The molecule has 0 atom stereocenters. The average molecular weight is 315 g/mol. The quantitative estimate of drug-likeness (QED) is 0.381. The summed E-state index contributed by atoms with van der Waals surface area (Å²) >= 11 is 1.06. The molecule has 1 aromatic heterocycles. The van der Waals surface area contributed by atoms with Gasteiger partial charge in [0.1, 0.15) is 11.3 Å². The maximum atomic E-state index is 11.6. The van der Waals surface area contributed by atoms with Crippen LogP contribution in [0.2, 0.25) is 0 Å². The minimum Gasteiger partial charge on any atom is -0.461 e. The summed E-state index contributed by atoms with van der Waals surface area (Å²) in [5.74, 6) is -0.797. The smallest absolute Gasteiger partial charge is 0.413 e. The normalized spacial score (nSPS) is 11.9. The van der Waals surface area contributed by atoms with Crippen LogP contribution in [0.1, 0.15) is 33.4 Å². The van der Waals surface area contributed by atoms with Crippen molar-refractivity contribution in [3.8, 4) is 0 Å². The number of oxime groups is 1. The first-order valence-electron chi connectivity index (χ1n) is 6.12. The summed E-state index contributed by atoms with van der Waals surface area (Å²) in [7, 11) is 0. The third kappa shape index (κ3) is 5.38. The molecule has 9 heteroatoms. The van der Waals surface area contributed by atoms with E-state index in [0.717, 1.165) is 11.3 Å². The van der Waals surface area contributed by atoms with Crippen LogP contribution in [-0.2, 0) is 14.3 Å². The Labute approximate surface area is 125 Å². The molecule has 0 saturated heterocycles. The van der Waals surface area contributed by atoms with Crippen molar-refractivity contribution in [2.75, 3.05) is 11.9 Å². The van der Waals surface area contributed by atoms with E-state index in [-0.39, 0.29) is 23.1 Å². The molecule has 0 aliphatic heterocycles. The van der Waals surface area contributed by atoms with Gasteiger partial charge in [0.2, 0.25) is 5.71 Å². The lowest BCUT2D eigenvalue weighted by Crippen LogP contribution is -2.27. The van der Waals surface area contributed by atoms with Crippen molar-refractivity contribution in [2.24, 2.45) is 5.16 Å². The van der Waals surface area contributed by atoms with Crippen LogP contribution in [0.4, 0.5) is 9.93 Å². The van der Waals surface area contributed by atoms with Crippen molar-refractivity contribution < 1.29 is 24.3 Å². The predicted octanol–water partition coefficient (Wildman–Crippen LogP) is 2.23. The van der Waals surface area contributed by atoms with Crippen molar-refractivity contribution in [2.45, 2.75) is 33.3 Å². The Bertz CT molecular complexity index is 547. The molecule has 0 radical (unpaired) electrons. The Balaban J connectivity index is 2.77. The highest BCUT2D eigenvalue weighted by Gasteiger charge is 2.21. The molecule has 0 spiro atoms. The third-order valence-electron chi connectivity index (χ3n) is 1.92. The number of thiazole rings is 1. The molecule has 0 fully saturated rings. The second kappa shape index (κ2) is 7.02. The Hall–Kier alpha value is -2.16. The van der Waals surface area contributed by atoms with Crippen LogP contribution < -0.4 is 5.32 Å². The highest BCUT2D eigenvalue weighted by Crippen LogP contribution is 2.18. The minimum absolute atomic E-state index is 0.104. The second-order valence-corrected chi connectivity index (χ2v) is 5.69. The molecule has 0 aliphatic carbocycles. The number of ether oxygens (including phenoxy) is 2. The number of carbonyl (C=O) groups is 2. The van der Waals surface area contributed by atoms with Gasteiger partial charge in [-0.1, -0.05) is 5.16 Å². The largest absolute Gasteiger partial charge is 0.461 e. The molecule has 1 heterocycles. The van der Waals surface area contributed by atoms with E-state index in [1.807, 2.05) is 0 Å². The number of hydrogen-bond acceptors (Lipinski definition) is 8. The van der Waals surface area contributed by atoms with E-state index in [0.29, 0.717) is 0 Å². The molecule has 2 N–H and O–H groups in total. The number of amides is 1. The van der Waals surface area contributed by atoms with Crippen LogP contribution in [0.3, 0.4) is 0 Å². The first-order chi connectivity index (χ1) is 9.76. The molecular formula is C12H17N3O5S. The van der Waals surface area contributed by atoms with Crippen LogP contribution in [0.25, 0.3) is 0 Å². The Morgan fingerprint density at radius 3 is 2.67 bits per heavy atom. The Kier molecular flexibility index (Phi) is 5.65.